The highest BCUT2D eigenvalue weighted by Gasteiger charge is 2.05. The number of rotatable bonds is 4. The van der Waals surface area contributed by atoms with Gasteiger partial charge in [-0.25, -0.2) is 4.79 Å². The van der Waals surface area contributed by atoms with Gasteiger partial charge >= 0.3 is 5.97 Å². The number of carbonyl (C=O) groups is 1. The van der Waals surface area contributed by atoms with Crippen LogP contribution in [0.3, 0.4) is 0 Å². The zero-order valence-electron chi connectivity index (χ0n) is 10.2. The second kappa shape index (κ2) is 5.36. The largest absolute Gasteiger partial charge is 0.478 e. The van der Waals surface area contributed by atoms with Gasteiger partial charge in [0, 0.05) is 12.2 Å². The van der Waals surface area contributed by atoms with Crippen molar-refractivity contribution >= 4 is 11.7 Å². The first-order valence-corrected chi connectivity index (χ1v) is 5.78. The Morgan fingerprint density at radius 2 is 1.89 bits per heavy atom. The maximum atomic E-state index is 10.9. The van der Waals surface area contributed by atoms with Gasteiger partial charge in [-0.1, -0.05) is 36.4 Å². The molecule has 2 aromatic carbocycles. The quantitative estimate of drug-likeness (QED) is 0.863. The van der Waals surface area contributed by atoms with E-state index >= 15 is 0 Å². The molecule has 0 bridgehead atoms. The average molecular weight is 241 g/mol. The first-order valence-electron chi connectivity index (χ1n) is 5.78. The molecule has 3 heteroatoms. The first kappa shape index (κ1) is 12.2. The van der Waals surface area contributed by atoms with Gasteiger partial charge in [-0.2, -0.15) is 0 Å². The van der Waals surface area contributed by atoms with Gasteiger partial charge in [0.15, 0.2) is 0 Å². The molecular weight excluding hydrogens is 226 g/mol. The third kappa shape index (κ3) is 2.88. The van der Waals surface area contributed by atoms with Crippen molar-refractivity contribution in [2.45, 2.75) is 13.5 Å². The summed E-state index contributed by atoms with van der Waals surface area (Å²) in [6, 6.07) is 15.1. The molecular formula is C15H15NO2. The number of anilines is 1. The summed E-state index contributed by atoms with van der Waals surface area (Å²) in [6.45, 7) is 2.64. The molecule has 92 valence electrons. The summed E-state index contributed by atoms with van der Waals surface area (Å²) in [5.74, 6) is -0.905. The molecule has 0 unspecified atom stereocenters. The number of hydrogen-bond acceptors (Lipinski definition) is 2. The van der Waals surface area contributed by atoms with Crippen LogP contribution >= 0.6 is 0 Å². The molecule has 0 heterocycles. The van der Waals surface area contributed by atoms with Crippen LogP contribution in [0.5, 0.6) is 0 Å². The molecule has 0 radical (unpaired) electrons. The zero-order chi connectivity index (χ0) is 13.0. The van der Waals surface area contributed by atoms with E-state index in [4.69, 9.17) is 5.11 Å². The molecule has 0 aliphatic heterocycles. The van der Waals surface area contributed by atoms with E-state index < -0.39 is 5.97 Å². The molecule has 0 aromatic heterocycles. The molecule has 0 saturated heterocycles. The van der Waals surface area contributed by atoms with Crippen molar-refractivity contribution < 1.29 is 9.90 Å². The summed E-state index contributed by atoms with van der Waals surface area (Å²) in [6.07, 6.45) is 0. The van der Waals surface area contributed by atoms with Crippen LogP contribution < -0.4 is 5.32 Å². The lowest BCUT2D eigenvalue weighted by Gasteiger charge is -2.10. The summed E-state index contributed by atoms with van der Waals surface area (Å²) in [7, 11) is 0. The van der Waals surface area contributed by atoms with Crippen LogP contribution in [-0.2, 0) is 6.54 Å². The van der Waals surface area contributed by atoms with Gasteiger partial charge in [-0.15, -0.1) is 0 Å². The molecule has 0 fully saturated rings. The first-order chi connectivity index (χ1) is 8.66. The molecule has 0 atom stereocenters. The molecule has 0 saturated carbocycles. The minimum absolute atomic E-state index is 0.302. The van der Waals surface area contributed by atoms with Crippen molar-refractivity contribution in [3.05, 3.63) is 65.2 Å². The Labute approximate surface area is 106 Å². The standard InChI is InChI=1S/C15H15NO2/c1-11-7-8-13(15(17)18)9-14(11)16-10-12-5-3-2-4-6-12/h2-9,16H,10H2,1H3,(H,17,18). The normalized spacial score (nSPS) is 10.1. The van der Waals surface area contributed by atoms with Crippen LogP contribution in [0.1, 0.15) is 21.5 Å². The fraction of sp³-hybridized carbons (Fsp3) is 0.133. The van der Waals surface area contributed by atoms with Crippen LogP contribution in [0.15, 0.2) is 48.5 Å². The SMILES string of the molecule is Cc1ccc(C(=O)O)cc1NCc1ccccc1. The van der Waals surface area contributed by atoms with Crippen LogP contribution in [0, 0.1) is 6.92 Å². The van der Waals surface area contributed by atoms with Crippen molar-refractivity contribution in [1.29, 1.82) is 0 Å². The van der Waals surface area contributed by atoms with Crippen molar-refractivity contribution in [3.63, 3.8) is 0 Å². The van der Waals surface area contributed by atoms with Crippen molar-refractivity contribution in [3.8, 4) is 0 Å². The maximum absolute atomic E-state index is 10.9. The Hall–Kier alpha value is -2.29. The van der Waals surface area contributed by atoms with Crippen LogP contribution in [0.4, 0.5) is 5.69 Å². The predicted octanol–water partition coefficient (Wildman–Crippen LogP) is 3.31. The summed E-state index contributed by atoms with van der Waals surface area (Å²) < 4.78 is 0. The zero-order valence-corrected chi connectivity index (χ0v) is 10.2. The highest BCUT2D eigenvalue weighted by atomic mass is 16.4. The fourth-order valence-electron chi connectivity index (χ4n) is 1.74. The predicted molar refractivity (Wildman–Crippen MR) is 71.9 cm³/mol. The van der Waals surface area contributed by atoms with Crippen molar-refractivity contribution in [2.75, 3.05) is 5.32 Å². The average Bonchev–Trinajstić information content (AvgIpc) is 2.38. The molecule has 3 nitrogen and oxygen atoms in total. The Balaban J connectivity index is 2.14. The maximum Gasteiger partial charge on any atom is 0.335 e. The minimum Gasteiger partial charge on any atom is -0.478 e. The Bertz CT molecular complexity index is 550. The molecule has 0 spiro atoms. The van der Waals surface area contributed by atoms with Gasteiger partial charge in [-0.05, 0) is 30.2 Å². The van der Waals surface area contributed by atoms with E-state index in [2.05, 4.69) is 5.32 Å². The minimum atomic E-state index is -0.905. The molecule has 0 aliphatic rings. The smallest absolute Gasteiger partial charge is 0.335 e. The summed E-state index contributed by atoms with van der Waals surface area (Å²) >= 11 is 0. The van der Waals surface area contributed by atoms with Crippen LogP contribution in [-0.4, -0.2) is 11.1 Å². The Morgan fingerprint density at radius 1 is 1.17 bits per heavy atom. The Kier molecular flexibility index (Phi) is 3.63. The van der Waals surface area contributed by atoms with E-state index in [1.807, 2.05) is 43.3 Å². The number of aromatic carboxylic acids is 1. The number of carboxylic acid groups (broad SMARTS) is 1. The van der Waals surface area contributed by atoms with E-state index in [9.17, 15) is 4.79 Å². The molecule has 0 amide bonds. The van der Waals surface area contributed by atoms with Gasteiger partial charge in [0.05, 0.1) is 5.56 Å². The molecule has 18 heavy (non-hydrogen) atoms. The molecule has 2 N–H and O–H groups in total. The lowest BCUT2D eigenvalue weighted by atomic mass is 10.1. The van der Waals surface area contributed by atoms with E-state index in [1.165, 1.54) is 0 Å². The molecule has 2 rings (SSSR count). The lowest BCUT2D eigenvalue weighted by molar-refractivity contribution is 0.0697. The van der Waals surface area contributed by atoms with E-state index in [1.54, 1.807) is 12.1 Å². The highest BCUT2D eigenvalue weighted by Crippen LogP contribution is 2.18. The lowest BCUT2D eigenvalue weighted by Crippen LogP contribution is -2.03. The third-order valence-electron chi connectivity index (χ3n) is 2.81. The summed E-state index contributed by atoms with van der Waals surface area (Å²) in [5.41, 5.74) is 3.36. The van der Waals surface area contributed by atoms with Gasteiger partial charge in [0.25, 0.3) is 0 Å². The second-order valence-electron chi connectivity index (χ2n) is 4.17. The van der Waals surface area contributed by atoms with Crippen LogP contribution in [0.2, 0.25) is 0 Å². The summed E-state index contributed by atoms with van der Waals surface area (Å²) in [4.78, 5) is 10.9. The van der Waals surface area contributed by atoms with E-state index in [0.717, 1.165) is 16.8 Å². The monoisotopic (exact) mass is 241 g/mol. The number of carboxylic acids is 1. The number of nitrogens with one attached hydrogen (secondary N) is 1. The second-order valence-corrected chi connectivity index (χ2v) is 4.17. The van der Waals surface area contributed by atoms with E-state index in [0.29, 0.717) is 12.1 Å². The van der Waals surface area contributed by atoms with Crippen molar-refractivity contribution in [1.82, 2.24) is 0 Å². The topological polar surface area (TPSA) is 49.3 Å². The van der Waals surface area contributed by atoms with Gasteiger partial charge in [0.2, 0.25) is 0 Å². The van der Waals surface area contributed by atoms with Gasteiger partial charge < -0.3 is 10.4 Å². The van der Waals surface area contributed by atoms with Gasteiger partial charge in [0.1, 0.15) is 0 Å². The third-order valence-corrected chi connectivity index (χ3v) is 2.81. The number of benzene rings is 2. The molecule has 2 aromatic rings. The molecule has 0 aliphatic carbocycles. The summed E-state index contributed by atoms with van der Waals surface area (Å²) in [5, 5.41) is 12.2. The number of hydrogen-bond donors (Lipinski definition) is 2. The van der Waals surface area contributed by atoms with Crippen molar-refractivity contribution in [2.24, 2.45) is 0 Å². The Morgan fingerprint density at radius 3 is 2.56 bits per heavy atom. The highest BCUT2D eigenvalue weighted by molar-refractivity contribution is 5.89. The van der Waals surface area contributed by atoms with E-state index in [-0.39, 0.29) is 0 Å². The van der Waals surface area contributed by atoms with Gasteiger partial charge in [-0.3, -0.25) is 0 Å². The number of aryl methyl sites for hydroxylation is 1. The van der Waals surface area contributed by atoms with Crippen LogP contribution in [0.25, 0.3) is 0 Å². The fourth-order valence-corrected chi connectivity index (χ4v) is 1.74.